The molecule has 7 nitrogen and oxygen atoms in total. The summed E-state index contributed by atoms with van der Waals surface area (Å²) in [6.07, 6.45) is 2.86. The fourth-order valence-corrected chi connectivity index (χ4v) is 3.35. The van der Waals surface area contributed by atoms with Crippen molar-refractivity contribution >= 4 is 15.8 Å². The summed E-state index contributed by atoms with van der Waals surface area (Å²) in [6, 6.07) is 7.76. The van der Waals surface area contributed by atoms with Gasteiger partial charge in [0.05, 0.1) is 12.0 Å². The van der Waals surface area contributed by atoms with Gasteiger partial charge in [0.25, 0.3) is 10.0 Å². The summed E-state index contributed by atoms with van der Waals surface area (Å²) >= 11 is 0. The number of rotatable bonds is 4. The van der Waals surface area contributed by atoms with Gasteiger partial charge >= 0.3 is 0 Å². The lowest BCUT2D eigenvalue weighted by molar-refractivity contribution is 0.598. The summed E-state index contributed by atoms with van der Waals surface area (Å²) in [7, 11) is -2.04. The fourth-order valence-electron chi connectivity index (χ4n) is 2.37. The molecule has 3 rings (SSSR count). The summed E-state index contributed by atoms with van der Waals surface area (Å²) in [5.74, 6) is 0.227. The van der Waals surface area contributed by atoms with Crippen LogP contribution >= 0.6 is 0 Å². The summed E-state index contributed by atoms with van der Waals surface area (Å²) in [5.41, 5.74) is 3.96. The van der Waals surface area contributed by atoms with Gasteiger partial charge in [-0.3, -0.25) is 9.82 Å². The van der Waals surface area contributed by atoms with E-state index in [-0.39, 0.29) is 10.8 Å². The first kappa shape index (κ1) is 15.3. The van der Waals surface area contributed by atoms with Crippen LogP contribution in [-0.2, 0) is 17.1 Å². The second-order valence-electron chi connectivity index (χ2n) is 5.53. The molecule has 0 aliphatic heterocycles. The van der Waals surface area contributed by atoms with Gasteiger partial charge in [0.1, 0.15) is 0 Å². The summed E-state index contributed by atoms with van der Waals surface area (Å²) < 4.78 is 28.4. The smallest absolute Gasteiger partial charge is 0.282 e. The molecule has 0 aliphatic rings. The molecule has 0 radical (unpaired) electrons. The zero-order valence-electron chi connectivity index (χ0n) is 13.0. The molecule has 1 aromatic carbocycles. The molecule has 3 aromatic rings. The van der Waals surface area contributed by atoms with Crippen LogP contribution in [0.25, 0.3) is 11.3 Å². The molecule has 8 heteroatoms. The summed E-state index contributed by atoms with van der Waals surface area (Å²) in [4.78, 5) is 3.85. The number of benzene rings is 1. The number of imidazole rings is 1. The lowest BCUT2D eigenvalue weighted by atomic mass is 10.1. The third kappa shape index (κ3) is 3.26. The highest BCUT2D eigenvalue weighted by molar-refractivity contribution is 7.92. The average molecular weight is 331 g/mol. The van der Waals surface area contributed by atoms with Gasteiger partial charge < -0.3 is 4.57 Å². The molecule has 0 atom stereocenters. The number of nitrogens with zero attached hydrogens (tertiary/aromatic N) is 3. The number of aromatic amines is 1. The van der Waals surface area contributed by atoms with Crippen LogP contribution in [0.5, 0.6) is 0 Å². The van der Waals surface area contributed by atoms with Gasteiger partial charge in [-0.05, 0) is 26.0 Å². The quantitative estimate of drug-likeness (QED) is 0.767. The largest absolute Gasteiger partial charge is 0.339 e. The van der Waals surface area contributed by atoms with Gasteiger partial charge in [-0.1, -0.05) is 17.2 Å². The summed E-state index contributed by atoms with van der Waals surface area (Å²) in [6.45, 7) is 4.02. The Kier molecular flexibility index (Phi) is 3.69. The van der Waals surface area contributed by atoms with E-state index >= 15 is 0 Å². The van der Waals surface area contributed by atoms with Crippen LogP contribution in [0.4, 0.5) is 5.82 Å². The van der Waals surface area contributed by atoms with Gasteiger partial charge in [0.2, 0.25) is 0 Å². The molecule has 2 aromatic heterocycles. The van der Waals surface area contributed by atoms with Gasteiger partial charge in [-0.2, -0.15) is 13.5 Å². The van der Waals surface area contributed by atoms with E-state index in [2.05, 4.69) is 26.0 Å². The van der Waals surface area contributed by atoms with Crippen LogP contribution in [0, 0.1) is 13.8 Å². The first-order valence-electron chi connectivity index (χ1n) is 6.98. The lowest BCUT2D eigenvalue weighted by Gasteiger charge is -2.02. The maximum Gasteiger partial charge on any atom is 0.282 e. The van der Waals surface area contributed by atoms with Crippen LogP contribution in [0.3, 0.4) is 0 Å². The van der Waals surface area contributed by atoms with E-state index in [9.17, 15) is 8.42 Å². The van der Waals surface area contributed by atoms with E-state index in [1.807, 2.05) is 26.0 Å². The SMILES string of the molecule is Cc1cc(C)cc(-c2cc(NS(=O)(=O)c3cn(C)cn3)n[nH]2)c1. The van der Waals surface area contributed by atoms with E-state index in [1.165, 1.54) is 12.5 Å². The maximum absolute atomic E-state index is 12.2. The first-order valence-corrected chi connectivity index (χ1v) is 8.47. The molecule has 0 unspecified atom stereocenters. The van der Waals surface area contributed by atoms with Crippen LogP contribution < -0.4 is 4.72 Å². The van der Waals surface area contributed by atoms with Crippen molar-refractivity contribution in [2.75, 3.05) is 4.72 Å². The Hall–Kier alpha value is -2.61. The van der Waals surface area contributed by atoms with Gasteiger partial charge in [-0.15, -0.1) is 0 Å². The number of anilines is 1. The molecule has 2 heterocycles. The van der Waals surface area contributed by atoms with Crippen molar-refractivity contribution in [3.05, 3.63) is 47.9 Å². The summed E-state index contributed by atoms with van der Waals surface area (Å²) in [5, 5.41) is 6.83. The van der Waals surface area contributed by atoms with E-state index < -0.39 is 10.0 Å². The van der Waals surface area contributed by atoms with Gasteiger partial charge in [0.15, 0.2) is 10.8 Å². The van der Waals surface area contributed by atoms with Gasteiger partial charge in [0, 0.05) is 24.9 Å². The fraction of sp³-hybridized carbons (Fsp3) is 0.200. The number of hydrogen-bond acceptors (Lipinski definition) is 4. The van der Waals surface area contributed by atoms with Crippen LogP contribution in [0.2, 0.25) is 0 Å². The van der Waals surface area contributed by atoms with E-state index in [1.54, 1.807) is 17.7 Å². The predicted molar refractivity (Wildman–Crippen MR) is 87.5 cm³/mol. The normalized spacial score (nSPS) is 11.6. The molecule has 0 saturated heterocycles. The molecule has 120 valence electrons. The van der Waals surface area contributed by atoms with E-state index in [0.29, 0.717) is 0 Å². The maximum atomic E-state index is 12.2. The van der Waals surface area contributed by atoms with Crippen molar-refractivity contribution in [3.8, 4) is 11.3 Å². The molecular weight excluding hydrogens is 314 g/mol. The van der Waals surface area contributed by atoms with E-state index in [4.69, 9.17) is 0 Å². The molecule has 2 N–H and O–H groups in total. The molecule has 23 heavy (non-hydrogen) atoms. The third-order valence-electron chi connectivity index (χ3n) is 3.31. The Morgan fingerprint density at radius 2 is 1.83 bits per heavy atom. The topological polar surface area (TPSA) is 92.7 Å². The predicted octanol–water partition coefficient (Wildman–Crippen LogP) is 2.23. The molecule has 0 aliphatic carbocycles. The third-order valence-corrected chi connectivity index (χ3v) is 4.55. The number of hydrogen-bond donors (Lipinski definition) is 2. The molecule has 0 amide bonds. The highest BCUT2D eigenvalue weighted by Gasteiger charge is 2.18. The number of aryl methyl sites for hydroxylation is 3. The Labute approximate surface area is 134 Å². The Balaban J connectivity index is 1.87. The standard InChI is InChI=1S/C15H17N5O2S/c1-10-4-11(2)6-12(5-10)13-7-14(18-17-13)19-23(21,22)15-8-20(3)9-16-15/h4-9H,1-3H3,(H2,17,18,19). The molecule has 0 fully saturated rings. The van der Waals surface area contributed by atoms with Crippen LogP contribution in [0.15, 0.2) is 41.8 Å². The Morgan fingerprint density at radius 3 is 2.43 bits per heavy atom. The minimum absolute atomic E-state index is 0.0454. The molecule has 0 bridgehead atoms. The highest BCUT2D eigenvalue weighted by Crippen LogP contribution is 2.23. The number of aromatic nitrogens is 4. The first-order chi connectivity index (χ1) is 10.8. The lowest BCUT2D eigenvalue weighted by Crippen LogP contribution is -2.13. The van der Waals surface area contributed by atoms with Crippen molar-refractivity contribution in [1.82, 2.24) is 19.7 Å². The van der Waals surface area contributed by atoms with Crippen molar-refractivity contribution < 1.29 is 8.42 Å². The average Bonchev–Trinajstić information content (AvgIpc) is 3.06. The number of nitrogens with one attached hydrogen (secondary N) is 2. The second-order valence-corrected chi connectivity index (χ2v) is 7.16. The molecule has 0 spiro atoms. The monoisotopic (exact) mass is 331 g/mol. The Bertz CT molecular complexity index is 936. The minimum atomic E-state index is -3.74. The highest BCUT2D eigenvalue weighted by atomic mass is 32.2. The van der Waals surface area contributed by atoms with E-state index in [0.717, 1.165) is 22.4 Å². The van der Waals surface area contributed by atoms with Crippen molar-refractivity contribution in [1.29, 1.82) is 0 Å². The second kappa shape index (κ2) is 5.54. The van der Waals surface area contributed by atoms with Crippen LogP contribution in [0.1, 0.15) is 11.1 Å². The Morgan fingerprint density at radius 1 is 1.13 bits per heavy atom. The molecular formula is C15H17N5O2S. The van der Waals surface area contributed by atoms with Crippen molar-refractivity contribution in [2.45, 2.75) is 18.9 Å². The molecule has 0 saturated carbocycles. The number of sulfonamides is 1. The van der Waals surface area contributed by atoms with Crippen LogP contribution in [-0.4, -0.2) is 28.2 Å². The van der Waals surface area contributed by atoms with Crippen molar-refractivity contribution in [3.63, 3.8) is 0 Å². The zero-order chi connectivity index (χ0) is 16.6. The van der Waals surface area contributed by atoms with Gasteiger partial charge in [-0.25, -0.2) is 4.98 Å². The zero-order valence-corrected chi connectivity index (χ0v) is 13.8. The minimum Gasteiger partial charge on any atom is -0.339 e. The number of H-pyrrole nitrogens is 1. The van der Waals surface area contributed by atoms with Crippen molar-refractivity contribution in [2.24, 2.45) is 7.05 Å².